The van der Waals surface area contributed by atoms with Gasteiger partial charge in [0.15, 0.2) is 0 Å². The van der Waals surface area contributed by atoms with Crippen LogP contribution < -0.4 is 10.1 Å². The van der Waals surface area contributed by atoms with Crippen molar-refractivity contribution in [3.8, 4) is 16.9 Å². The van der Waals surface area contributed by atoms with Crippen molar-refractivity contribution in [3.05, 3.63) is 54.1 Å². The second-order valence-corrected chi connectivity index (χ2v) is 5.50. The maximum Gasteiger partial charge on any atom is 0.119 e. The SMILES string of the molecule is CCC(C)NCCOc1ccc(-c2ccc(C)cc2)cc1. The van der Waals surface area contributed by atoms with Crippen LogP contribution in [0.4, 0.5) is 0 Å². The van der Waals surface area contributed by atoms with E-state index in [1.165, 1.54) is 16.7 Å². The summed E-state index contributed by atoms with van der Waals surface area (Å²) in [6.45, 7) is 8.07. The third-order valence-electron chi connectivity index (χ3n) is 3.72. The van der Waals surface area contributed by atoms with Crippen molar-refractivity contribution in [3.63, 3.8) is 0 Å². The van der Waals surface area contributed by atoms with E-state index in [1.807, 2.05) is 12.1 Å². The number of benzene rings is 2. The Morgan fingerprint density at radius 1 is 0.952 bits per heavy atom. The molecule has 0 aliphatic heterocycles. The molecule has 1 atom stereocenters. The lowest BCUT2D eigenvalue weighted by Crippen LogP contribution is -2.29. The van der Waals surface area contributed by atoms with Gasteiger partial charge < -0.3 is 10.1 Å². The normalized spacial score (nSPS) is 12.1. The van der Waals surface area contributed by atoms with Crippen LogP contribution in [-0.2, 0) is 0 Å². The number of hydrogen-bond donors (Lipinski definition) is 1. The van der Waals surface area contributed by atoms with Crippen LogP contribution in [0.2, 0.25) is 0 Å². The minimum Gasteiger partial charge on any atom is -0.492 e. The first-order valence-electron chi connectivity index (χ1n) is 7.72. The van der Waals surface area contributed by atoms with Crippen LogP contribution in [0.5, 0.6) is 5.75 Å². The molecular weight excluding hydrogens is 258 g/mol. The lowest BCUT2D eigenvalue weighted by atomic mass is 10.0. The van der Waals surface area contributed by atoms with Crippen molar-refractivity contribution in [2.24, 2.45) is 0 Å². The molecule has 0 saturated carbocycles. The zero-order chi connectivity index (χ0) is 15.1. The molecule has 21 heavy (non-hydrogen) atoms. The van der Waals surface area contributed by atoms with Crippen LogP contribution in [0.25, 0.3) is 11.1 Å². The molecule has 0 saturated heterocycles. The average molecular weight is 283 g/mol. The van der Waals surface area contributed by atoms with Crippen LogP contribution in [0.15, 0.2) is 48.5 Å². The molecule has 2 nitrogen and oxygen atoms in total. The molecule has 0 heterocycles. The minimum absolute atomic E-state index is 0.553. The number of hydrogen-bond acceptors (Lipinski definition) is 2. The van der Waals surface area contributed by atoms with Gasteiger partial charge in [-0.05, 0) is 43.5 Å². The Morgan fingerprint density at radius 2 is 1.52 bits per heavy atom. The van der Waals surface area contributed by atoms with Gasteiger partial charge in [-0.3, -0.25) is 0 Å². The summed E-state index contributed by atoms with van der Waals surface area (Å²) in [6, 6.07) is 17.4. The molecule has 2 rings (SSSR count). The van der Waals surface area contributed by atoms with E-state index < -0.39 is 0 Å². The third kappa shape index (κ3) is 4.91. The highest BCUT2D eigenvalue weighted by atomic mass is 16.5. The average Bonchev–Trinajstić information content (AvgIpc) is 2.52. The molecule has 1 N–H and O–H groups in total. The van der Waals surface area contributed by atoms with E-state index in [4.69, 9.17) is 4.74 Å². The van der Waals surface area contributed by atoms with Gasteiger partial charge in [-0.15, -0.1) is 0 Å². The fourth-order valence-electron chi connectivity index (χ4n) is 2.11. The fraction of sp³-hybridized carbons (Fsp3) is 0.368. The zero-order valence-electron chi connectivity index (χ0n) is 13.2. The van der Waals surface area contributed by atoms with Crippen LogP contribution in [0.1, 0.15) is 25.8 Å². The van der Waals surface area contributed by atoms with Crippen molar-refractivity contribution >= 4 is 0 Å². The Morgan fingerprint density at radius 3 is 2.10 bits per heavy atom. The van der Waals surface area contributed by atoms with Gasteiger partial charge in [-0.1, -0.05) is 48.9 Å². The molecule has 0 bridgehead atoms. The Kier molecular flexibility index (Phi) is 5.82. The van der Waals surface area contributed by atoms with Crippen LogP contribution in [0, 0.1) is 6.92 Å². The summed E-state index contributed by atoms with van der Waals surface area (Å²) >= 11 is 0. The summed E-state index contributed by atoms with van der Waals surface area (Å²) in [7, 11) is 0. The predicted octanol–water partition coefficient (Wildman–Crippen LogP) is 4.43. The van der Waals surface area contributed by atoms with Gasteiger partial charge >= 0.3 is 0 Å². The number of nitrogens with one attached hydrogen (secondary N) is 1. The Hall–Kier alpha value is -1.80. The molecular formula is C19H25NO. The number of aryl methyl sites for hydroxylation is 1. The standard InChI is InChI=1S/C19H25NO/c1-4-16(3)20-13-14-21-19-11-9-18(10-12-19)17-7-5-15(2)6-8-17/h5-12,16,20H,4,13-14H2,1-3H3. The summed E-state index contributed by atoms with van der Waals surface area (Å²) < 4.78 is 5.75. The molecule has 0 amide bonds. The predicted molar refractivity (Wildman–Crippen MR) is 89.9 cm³/mol. The van der Waals surface area contributed by atoms with Gasteiger partial charge in [0.05, 0.1) is 0 Å². The summed E-state index contributed by atoms with van der Waals surface area (Å²) in [6.07, 6.45) is 1.14. The van der Waals surface area contributed by atoms with Gasteiger partial charge in [-0.25, -0.2) is 0 Å². The Bertz CT molecular complexity index is 530. The maximum atomic E-state index is 5.75. The van der Waals surface area contributed by atoms with Gasteiger partial charge in [0.1, 0.15) is 12.4 Å². The molecule has 0 radical (unpaired) electrons. The molecule has 112 valence electrons. The largest absolute Gasteiger partial charge is 0.492 e. The molecule has 0 aliphatic rings. The van der Waals surface area contributed by atoms with Crippen molar-refractivity contribution in [2.45, 2.75) is 33.2 Å². The van der Waals surface area contributed by atoms with Crippen LogP contribution in [-0.4, -0.2) is 19.2 Å². The smallest absolute Gasteiger partial charge is 0.119 e. The first-order chi connectivity index (χ1) is 10.2. The Labute approximate surface area is 128 Å². The molecule has 2 heteroatoms. The topological polar surface area (TPSA) is 21.3 Å². The van der Waals surface area contributed by atoms with E-state index in [-0.39, 0.29) is 0 Å². The van der Waals surface area contributed by atoms with Gasteiger partial charge in [0.2, 0.25) is 0 Å². The van der Waals surface area contributed by atoms with E-state index in [0.29, 0.717) is 12.6 Å². The second-order valence-electron chi connectivity index (χ2n) is 5.50. The lowest BCUT2D eigenvalue weighted by Gasteiger charge is -2.12. The highest BCUT2D eigenvalue weighted by molar-refractivity contribution is 5.64. The monoisotopic (exact) mass is 283 g/mol. The van der Waals surface area contributed by atoms with E-state index in [1.54, 1.807) is 0 Å². The van der Waals surface area contributed by atoms with Crippen molar-refractivity contribution in [1.29, 1.82) is 0 Å². The van der Waals surface area contributed by atoms with E-state index in [2.05, 4.69) is 62.5 Å². The molecule has 2 aromatic rings. The molecule has 0 fully saturated rings. The van der Waals surface area contributed by atoms with E-state index in [9.17, 15) is 0 Å². The van der Waals surface area contributed by atoms with Crippen molar-refractivity contribution in [1.82, 2.24) is 5.32 Å². The summed E-state index contributed by atoms with van der Waals surface area (Å²) in [4.78, 5) is 0. The summed E-state index contributed by atoms with van der Waals surface area (Å²) in [5.74, 6) is 0.928. The van der Waals surface area contributed by atoms with E-state index >= 15 is 0 Å². The van der Waals surface area contributed by atoms with Gasteiger partial charge in [0, 0.05) is 12.6 Å². The summed E-state index contributed by atoms with van der Waals surface area (Å²) in [5, 5.41) is 3.42. The highest BCUT2D eigenvalue weighted by Crippen LogP contribution is 2.22. The third-order valence-corrected chi connectivity index (χ3v) is 3.72. The first-order valence-corrected chi connectivity index (χ1v) is 7.72. The highest BCUT2D eigenvalue weighted by Gasteiger charge is 2.00. The number of rotatable bonds is 7. The van der Waals surface area contributed by atoms with Crippen molar-refractivity contribution in [2.75, 3.05) is 13.2 Å². The van der Waals surface area contributed by atoms with E-state index in [0.717, 1.165) is 18.7 Å². The lowest BCUT2D eigenvalue weighted by molar-refractivity contribution is 0.306. The fourth-order valence-corrected chi connectivity index (χ4v) is 2.11. The van der Waals surface area contributed by atoms with Crippen LogP contribution >= 0.6 is 0 Å². The first kappa shape index (κ1) is 15.6. The van der Waals surface area contributed by atoms with Gasteiger partial charge in [0.25, 0.3) is 0 Å². The van der Waals surface area contributed by atoms with Crippen molar-refractivity contribution < 1.29 is 4.74 Å². The Balaban J connectivity index is 1.86. The quantitative estimate of drug-likeness (QED) is 0.759. The van der Waals surface area contributed by atoms with Crippen LogP contribution in [0.3, 0.4) is 0 Å². The summed E-state index contributed by atoms with van der Waals surface area (Å²) in [5.41, 5.74) is 3.75. The molecule has 0 spiro atoms. The minimum atomic E-state index is 0.553. The second kappa shape index (κ2) is 7.84. The molecule has 0 aromatic heterocycles. The molecule has 1 unspecified atom stereocenters. The maximum absolute atomic E-state index is 5.75. The number of ether oxygens (including phenoxy) is 1. The molecule has 0 aliphatic carbocycles. The zero-order valence-corrected chi connectivity index (χ0v) is 13.2. The molecule has 2 aromatic carbocycles. The van der Waals surface area contributed by atoms with Gasteiger partial charge in [-0.2, -0.15) is 0 Å².